The van der Waals surface area contributed by atoms with Crippen molar-refractivity contribution in [1.82, 2.24) is 0 Å². The molecule has 0 aromatic heterocycles. The Hall–Kier alpha value is 1.09. The fourth-order valence-corrected chi connectivity index (χ4v) is 0. The van der Waals surface area contributed by atoms with Crippen molar-refractivity contribution in [2.75, 3.05) is 0 Å². The van der Waals surface area contributed by atoms with Crippen molar-refractivity contribution < 1.29 is 0 Å². The van der Waals surface area contributed by atoms with Crippen LogP contribution in [0.5, 0.6) is 0 Å². The molecule has 0 unspecified atom stereocenters. The van der Waals surface area contributed by atoms with Crippen LogP contribution >= 0.6 is 17.0 Å². The van der Waals surface area contributed by atoms with Gasteiger partial charge in [0.15, 0.2) is 0 Å². The number of hydrogen-bond donors (Lipinski definition) is 0. The first-order chi connectivity index (χ1) is 1.91. The van der Waals surface area contributed by atoms with Gasteiger partial charge in [0, 0.05) is 0 Å². The predicted molar refractivity (Wildman–Crippen MR) is 33.9 cm³/mol. The first kappa shape index (κ1) is 9.43. The first-order valence-electron chi connectivity index (χ1n) is 1.52. The van der Waals surface area contributed by atoms with E-state index in [9.17, 15) is 0 Å². The predicted octanol–water partition coefficient (Wildman–Crippen LogP) is 0.802. The molecule has 0 atom stereocenters. The van der Waals surface area contributed by atoms with Gasteiger partial charge in [-0.15, -0.1) is 17.0 Å². The molecule has 0 fully saturated rings. The van der Waals surface area contributed by atoms with Gasteiger partial charge in [-0.2, -0.15) is 0 Å². The molecular weight excluding hydrogens is 231 g/mol. The molecule has 0 bridgehead atoms. The van der Waals surface area contributed by atoms with Crippen LogP contribution in [0.2, 0.25) is 4.18 Å². The van der Waals surface area contributed by atoms with Crippen LogP contribution in [0, 0.1) is 0 Å². The van der Waals surface area contributed by atoms with Gasteiger partial charge in [0.05, 0.1) is 0 Å². The number of rotatable bonds is 1. The summed E-state index contributed by atoms with van der Waals surface area (Å²) in [5, 5.41) is 0. The molecule has 0 saturated carbocycles. The zero-order valence-electron chi connectivity index (χ0n) is 3.40. The van der Waals surface area contributed by atoms with Crippen LogP contribution in [0.3, 0.4) is 0 Å². The van der Waals surface area contributed by atoms with Gasteiger partial charge in [0.2, 0.25) is 0 Å². The average molecular weight is 239 g/mol. The summed E-state index contributed by atoms with van der Waals surface area (Å²) in [6.45, 7) is 3.53. The molecule has 0 radical (unpaired) electrons. The molecule has 0 rings (SSSR count). The third-order valence-electron chi connectivity index (χ3n) is 0.289. The Balaban J connectivity index is 0. The van der Waals surface area contributed by atoms with Crippen molar-refractivity contribution >= 4 is 41.4 Å². The third kappa shape index (κ3) is 11.1. The topological polar surface area (TPSA) is 0 Å². The normalized spacial score (nSPS) is 4.80. The SMILES string of the molecule is Br.C=C[CH2][InH2]. The molecule has 0 aromatic carbocycles. The summed E-state index contributed by atoms with van der Waals surface area (Å²) in [5.74, 6) is 0. The van der Waals surface area contributed by atoms with Crippen LogP contribution in [0.15, 0.2) is 12.7 Å². The van der Waals surface area contributed by atoms with Crippen LogP contribution in [0.1, 0.15) is 0 Å². The van der Waals surface area contributed by atoms with Gasteiger partial charge in [-0.1, -0.05) is 0 Å². The summed E-state index contributed by atoms with van der Waals surface area (Å²) in [7, 11) is 0. The Kier molecular flexibility index (Phi) is 16.8. The molecular formula is C3H8BrIn. The minimum absolute atomic E-state index is 0. The van der Waals surface area contributed by atoms with Gasteiger partial charge >= 0.3 is 41.2 Å². The van der Waals surface area contributed by atoms with Crippen LogP contribution < -0.4 is 0 Å². The maximum atomic E-state index is 3.53. The van der Waals surface area contributed by atoms with E-state index >= 15 is 0 Å². The van der Waals surface area contributed by atoms with Gasteiger partial charge in [-0.05, 0) is 0 Å². The Bertz CT molecular complexity index is 20.9. The van der Waals surface area contributed by atoms with E-state index < -0.39 is 0 Å². The quantitative estimate of drug-likeness (QED) is 0.593. The number of hydrogen-bond acceptors (Lipinski definition) is 0. The molecule has 0 heterocycles. The summed E-state index contributed by atoms with van der Waals surface area (Å²) in [5.41, 5.74) is 0. The Morgan fingerprint density at radius 3 is 2.00 bits per heavy atom. The van der Waals surface area contributed by atoms with Gasteiger partial charge in [-0.25, -0.2) is 0 Å². The number of halogens is 1. The van der Waals surface area contributed by atoms with Gasteiger partial charge in [0.1, 0.15) is 0 Å². The molecule has 0 aromatic rings. The zero-order valence-corrected chi connectivity index (χ0v) is 10.8. The first-order valence-corrected chi connectivity index (χ1v) is 5.56. The van der Waals surface area contributed by atoms with E-state index in [1.54, 1.807) is 0 Å². The van der Waals surface area contributed by atoms with E-state index in [4.69, 9.17) is 0 Å². The van der Waals surface area contributed by atoms with Crippen molar-refractivity contribution in [3.63, 3.8) is 0 Å². The summed E-state index contributed by atoms with van der Waals surface area (Å²) in [4.78, 5) is 0. The molecule has 0 aliphatic rings. The average Bonchev–Trinajstić information content (AvgIpc) is 1.37. The van der Waals surface area contributed by atoms with E-state index in [1.807, 2.05) is 6.08 Å². The molecule has 0 N–H and O–H groups in total. The molecule has 0 saturated heterocycles. The van der Waals surface area contributed by atoms with Gasteiger partial charge in [0.25, 0.3) is 0 Å². The van der Waals surface area contributed by atoms with Crippen LogP contribution in [0.25, 0.3) is 0 Å². The van der Waals surface area contributed by atoms with Crippen molar-refractivity contribution in [3.05, 3.63) is 12.7 Å². The molecule has 0 nitrogen and oxygen atoms in total. The second-order valence-corrected chi connectivity index (χ2v) is 3.03. The van der Waals surface area contributed by atoms with E-state index in [2.05, 4.69) is 6.58 Å². The minimum atomic E-state index is 0. The van der Waals surface area contributed by atoms with Crippen molar-refractivity contribution in [2.24, 2.45) is 0 Å². The summed E-state index contributed by atoms with van der Waals surface area (Å²) < 4.78 is 1.29. The molecule has 0 aliphatic heterocycles. The van der Waals surface area contributed by atoms with E-state index in [-0.39, 0.29) is 17.0 Å². The molecule has 2 heteroatoms. The van der Waals surface area contributed by atoms with Crippen molar-refractivity contribution in [2.45, 2.75) is 4.18 Å². The summed E-state index contributed by atoms with van der Waals surface area (Å²) >= 11 is 0.867. The molecule has 0 aliphatic carbocycles. The number of allylic oxidation sites excluding steroid dienone is 1. The fourth-order valence-electron chi connectivity index (χ4n) is 0. The maximum absolute atomic E-state index is 3.53. The fraction of sp³-hybridized carbons (Fsp3) is 0.333. The third-order valence-corrected chi connectivity index (χ3v) is 1.94. The van der Waals surface area contributed by atoms with E-state index in [1.165, 1.54) is 4.18 Å². The molecule has 30 valence electrons. The van der Waals surface area contributed by atoms with Gasteiger partial charge < -0.3 is 0 Å². The van der Waals surface area contributed by atoms with E-state index in [0.717, 1.165) is 24.4 Å². The molecule has 0 spiro atoms. The monoisotopic (exact) mass is 238 g/mol. The second-order valence-electron chi connectivity index (χ2n) is 0.697. The second kappa shape index (κ2) is 8.92. The molecule has 5 heavy (non-hydrogen) atoms. The van der Waals surface area contributed by atoms with Gasteiger partial charge in [-0.3, -0.25) is 0 Å². The van der Waals surface area contributed by atoms with Crippen molar-refractivity contribution in [1.29, 1.82) is 0 Å². The Morgan fingerprint density at radius 2 is 2.00 bits per heavy atom. The van der Waals surface area contributed by atoms with Crippen LogP contribution in [-0.4, -0.2) is 24.4 Å². The Morgan fingerprint density at radius 1 is 1.80 bits per heavy atom. The summed E-state index contributed by atoms with van der Waals surface area (Å²) in [6, 6.07) is 0. The standard InChI is InChI=1S/C3H5.BrH.In.2H/c1-3-2;;;;/h3H,1-2H2;1H;;;. The Labute approximate surface area is 58.0 Å². The van der Waals surface area contributed by atoms with Crippen LogP contribution in [0.4, 0.5) is 0 Å². The van der Waals surface area contributed by atoms with E-state index in [0.29, 0.717) is 0 Å². The summed E-state index contributed by atoms with van der Waals surface area (Å²) in [6.07, 6.45) is 1.97. The molecule has 0 amide bonds. The van der Waals surface area contributed by atoms with Crippen molar-refractivity contribution in [3.8, 4) is 0 Å². The van der Waals surface area contributed by atoms with Crippen LogP contribution in [-0.2, 0) is 0 Å². The zero-order chi connectivity index (χ0) is 3.41.